The normalized spacial score (nSPS) is 16.7. The number of para-hydroxylation sites is 2. The van der Waals surface area contributed by atoms with Crippen molar-refractivity contribution in [2.75, 3.05) is 33.3 Å². The maximum atomic E-state index is 5.38. The van der Waals surface area contributed by atoms with Crippen molar-refractivity contribution in [1.82, 2.24) is 20.2 Å². The first-order valence-corrected chi connectivity index (χ1v) is 6.59. The number of benzene rings is 1. The molecule has 1 aromatic carbocycles. The molecule has 2 heterocycles. The second kappa shape index (κ2) is 5.50. The largest absolute Gasteiger partial charge is 0.480 e. The van der Waals surface area contributed by atoms with Crippen LogP contribution >= 0.6 is 0 Å². The molecular weight excluding hydrogens is 240 g/mol. The van der Waals surface area contributed by atoms with Gasteiger partial charge in [-0.2, -0.15) is 0 Å². The summed E-state index contributed by atoms with van der Waals surface area (Å²) in [5, 5.41) is 3.35. The monoisotopic (exact) mass is 258 g/mol. The van der Waals surface area contributed by atoms with E-state index in [9.17, 15) is 0 Å². The van der Waals surface area contributed by atoms with Crippen LogP contribution in [-0.2, 0) is 6.54 Å². The standard InChI is InChI=1S/C14H18N4O/c1-19-14-13(10-18-8-6-15-7-9-18)16-11-4-2-3-5-12(11)17-14/h2-5,15H,6-10H2,1H3. The molecule has 100 valence electrons. The van der Waals surface area contributed by atoms with E-state index in [0.29, 0.717) is 5.88 Å². The van der Waals surface area contributed by atoms with E-state index >= 15 is 0 Å². The fraction of sp³-hybridized carbons (Fsp3) is 0.429. The van der Waals surface area contributed by atoms with Crippen LogP contribution in [0.25, 0.3) is 11.0 Å². The summed E-state index contributed by atoms with van der Waals surface area (Å²) in [7, 11) is 1.65. The number of nitrogens with one attached hydrogen (secondary N) is 1. The molecule has 1 N–H and O–H groups in total. The molecule has 1 aromatic heterocycles. The maximum absolute atomic E-state index is 5.38. The molecule has 0 aliphatic carbocycles. The molecule has 0 saturated carbocycles. The highest BCUT2D eigenvalue weighted by molar-refractivity contribution is 5.74. The highest BCUT2D eigenvalue weighted by Crippen LogP contribution is 2.20. The lowest BCUT2D eigenvalue weighted by Gasteiger charge is -2.27. The van der Waals surface area contributed by atoms with Gasteiger partial charge in [-0.25, -0.2) is 9.97 Å². The molecule has 1 fully saturated rings. The number of rotatable bonds is 3. The van der Waals surface area contributed by atoms with Crippen molar-refractivity contribution in [3.8, 4) is 5.88 Å². The van der Waals surface area contributed by atoms with Gasteiger partial charge >= 0.3 is 0 Å². The minimum absolute atomic E-state index is 0.636. The molecule has 0 unspecified atom stereocenters. The van der Waals surface area contributed by atoms with Crippen LogP contribution in [0.3, 0.4) is 0 Å². The van der Waals surface area contributed by atoms with E-state index in [2.05, 4.69) is 15.2 Å². The summed E-state index contributed by atoms with van der Waals surface area (Å²) >= 11 is 0. The van der Waals surface area contributed by atoms with Crippen molar-refractivity contribution in [3.05, 3.63) is 30.0 Å². The number of aromatic nitrogens is 2. The summed E-state index contributed by atoms with van der Waals surface area (Å²) in [6.45, 7) is 4.94. The Kier molecular flexibility index (Phi) is 3.57. The highest BCUT2D eigenvalue weighted by Gasteiger charge is 2.15. The van der Waals surface area contributed by atoms with Gasteiger partial charge in [0.1, 0.15) is 5.69 Å². The molecule has 5 nitrogen and oxygen atoms in total. The van der Waals surface area contributed by atoms with Gasteiger partial charge < -0.3 is 10.1 Å². The van der Waals surface area contributed by atoms with Crippen molar-refractivity contribution in [3.63, 3.8) is 0 Å². The summed E-state index contributed by atoms with van der Waals surface area (Å²) in [5.74, 6) is 0.636. The Bertz CT molecular complexity index is 566. The van der Waals surface area contributed by atoms with Crippen LogP contribution < -0.4 is 10.1 Å². The Morgan fingerprint density at radius 3 is 2.53 bits per heavy atom. The van der Waals surface area contributed by atoms with Gasteiger partial charge in [-0.3, -0.25) is 4.90 Å². The van der Waals surface area contributed by atoms with Gasteiger partial charge in [-0.1, -0.05) is 12.1 Å². The lowest BCUT2D eigenvalue weighted by molar-refractivity contribution is 0.226. The van der Waals surface area contributed by atoms with Crippen LogP contribution in [0.1, 0.15) is 5.69 Å². The second-order valence-electron chi connectivity index (χ2n) is 4.69. The molecule has 0 atom stereocenters. The SMILES string of the molecule is COc1nc2ccccc2nc1CN1CCNCC1. The molecule has 1 saturated heterocycles. The third-order valence-electron chi connectivity index (χ3n) is 3.38. The number of hydrogen-bond acceptors (Lipinski definition) is 5. The van der Waals surface area contributed by atoms with E-state index in [1.54, 1.807) is 7.11 Å². The lowest BCUT2D eigenvalue weighted by Crippen LogP contribution is -2.43. The van der Waals surface area contributed by atoms with E-state index in [-0.39, 0.29) is 0 Å². The van der Waals surface area contributed by atoms with Gasteiger partial charge in [0.15, 0.2) is 0 Å². The Morgan fingerprint density at radius 1 is 1.16 bits per heavy atom. The molecule has 19 heavy (non-hydrogen) atoms. The Balaban J connectivity index is 1.91. The molecule has 0 spiro atoms. The third kappa shape index (κ3) is 2.67. The number of methoxy groups -OCH3 is 1. The smallest absolute Gasteiger partial charge is 0.237 e. The zero-order valence-corrected chi connectivity index (χ0v) is 11.1. The Labute approximate surface area is 112 Å². The average Bonchev–Trinajstić information content (AvgIpc) is 2.47. The van der Waals surface area contributed by atoms with E-state index < -0.39 is 0 Å². The molecule has 0 amide bonds. The van der Waals surface area contributed by atoms with Crippen LogP contribution in [0.2, 0.25) is 0 Å². The van der Waals surface area contributed by atoms with Gasteiger partial charge in [0, 0.05) is 32.7 Å². The van der Waals surface area contributed by atoms with Gasteiger partial charge in [0.2, 0.25) is 5.88 Å². The molecule has 5 heteroatoms. The predicted molar refractivity (Wildman–Crippen MR) is 74.2 cm³/mol. The van der Waals surface area contributed by atoms with Crippen molar-refractivity contribution in [1.29, 1.82) is 0 Å². The second-order valence-corrected chi connectivity index (χ2v) is 4.69. The third-order valence-corrected chi connectivity index (χ3v) is 3.38. The number of nitrogens with zero attached hydrogens (tertiary/aromatic N) is 3. The molecule has 0 bridgehead atoms. The van der Waals surface area contributed by atoms with Gasteiger partial charge in [0.05, 0.1) is 18.1 Å². The van der Waals surface area contributed by atoms with Crippen LogP contribution in [-0.4, -0.2) is 48.2 Å². The summed E-state index contributed by atoms with van der Waals surface area (Å²) in [4.78, 5) is 11.6. The topological polar surface area (TPSA) is 50.3 Å². The Morgan fingerprint density at radius 2 is 1.84 bits per heavy atom. The number of fused-ring (bicyclic) bond motifs is 1. The number of ether oxygens (including phenoxy) is 1. The Hall–Kier alpha value is -1.72. The van der Waals surface area contributed by atoms with Crippen LogP contribution in [0.4, 0.5) is 0 Å². The minimum atomic E-state index is 0.636. The molecular formula is C14H18N4O. The van der Waals surface area contributed by atoms with Gasteiger partial charge in [-0.05, 0) is 12.1 Å². The molecule has 1 aliphatic rings. The minimum Gasteiger partial charge on any atom is -0.480 e. The highest BCUT2D eigenvalue weighted by atomic mass is 16.5. The lowest BCUT2D eigenvalue weighted by atomic mass is 10.2. The van der Waals surface area contributed by atoms with Crippen molar-refractivity contribution < 1.29 is 4.74 Å². The average molecular weight is 258 g/mol. The fourth-order valence-electron chi connectivity index (χ4n) is 2.37. The van der Waals surface area contributed by atoms with Crippen molar-refractivity contribution in [2.45, 2.75) is 6.54 Å². The molecule has 1 aliphatic heterocycles. The van der Waals surface area contributed by atoms with E-state index in [1.165, 1.54) is 0 Å². The number of piperazine rings is 1. The van der Waals surface area contributed by atoms with Gasteiger partial charge in [0.25, 0.3) is 0 Å². The zero-order valence-electron chi connectivity index (χ0n) is 11.1. The first-order valence-electron chi connectivity index (χ1n) is 6.59. The quantitative estimate of drug-likeness (QED) is 0.891. The van der Waals surface area contributed by atoms with Gasteiger partial charge in [-0.15, -0.1) is 0 Å². The van der Waals surface area contributed by atoms with Crippen molar-refractivity contribution >= 4 is 11.0 Å². The number of hydrogen-bond donors (Lipinski definition) is 1. The van der Waals surface area contributed by atoms with E-state index in [1.807, 2.05) is 24.3 Å². The van der Waals surface area contributed by atoms with E-state index in [4.69, 9.17) is 9.72 Å². The summed E-state index contributed by atoms with van der Waals surface area (Å²) in [6.07, 6.45) is 0. The summed E-state index contributed by atoms with van der Waals surface area (Å²) in [5.41, 5.74) is 2.72. The predicted octanol–water partition coefficient (Wildman–Crippen LogP) is 1.04. The fourth-order valence-corrected chi connectivity index (χ4v) is 2.37. The maximum Gasteiger partial charge on any atom is 0.237 e. The first-order chi connectivity index (χ1) is 9.36. The van der Waals surface area contributed by atoms with Crippen LogP contribution in [0.15, 0.2) is 24.3 Å². The molecule has 0 radical (unpaired) electrons. The van der Waals surface area contributed by atoms with Crippen LogP contribution in [0.5, 0.6) is 5.88 Å². The first kappa shape index (κ1) is 12.3. The zero-order chi connectivity index (χ0) is 13.1. The van der Waals surface area contributed by atoms with Crippen molar-refractivity contribution in [2.24, 2.45) is 0 Å². The molecule has 3 rings (SSSR count). The summed E-state index contributed by atoms with van der Waals surface area (Å²) in [6, 6.07) is 7.90. The molecule has 2 aromatic rings. The summed E-state index contributed by atoms with van der Waals surface area (Å²) < 4.78 is 5.38. The van der Waals surface area contributed by atoms with Crippen LogP contribution in [0, 0.1) is 0 Å². The van der Waals surface area contributed by atoms with E-state index in [0.717, 1.165) is 49.5 Å².